The van der Waals surface area contributed by atoms with Crippen LogP contribution in [0.1, 0.15) is 33.3 Å². The second kappa shape index (κ2) is 3.84. The Morgan fingerprint density at radius 2 is 1.89 bits per heavy atom. The van der Waals surface area contributed by atoms with Crippen molar-refractivity contribution in [2.75, 3.05) is 5.32 Å². The number of nitrogens with zero attached hydrogens (tertiary/aromatic N) is 1. The molecule has 1 aliphatic rings. The van der Waals surface area contributed by atoms with E-state index in [0.717, 1.165) is 0 Å². The standard InChI is InChI=1S/C15H18N2O/c1-14(2)12(15(14,3)4)13(18)17-11-7-5-6-10(8-11)9-16/h5-8,12H,1-4H3,(H,17,18). The molecule has 0 aromatic heterocycles. The predicted octanol–water partition coefficient (Wildman–Crippen LogP) is 3.18. The molecule has 0 atom stereocenters. The van der Waals surface area contributed by atoms with Gasteiger partial charge in [0.25, 0.3) is 0 Å². The van der Waals surface area contributed by atoms with Crippen LogP contribution in [-0.4, -0.2) is 5.91 Å². The van der Waals surface area contributed by atoms with E-state index in [0.29, 0.717) is 11.3 Å². The van der Waals surface area contributed by atoms with Crippen LogP contribution in [0, 0.1) is 28.1 Å². The molecule has 18 heavy (non-hydrogen) atoms. The molecule has 0 heterocycles. The van der Waals surface area contributed by atoms with Crippen LogP contribution in [0.15, 0.2) is 24.3 Å². The first kappa shape index (κ1) is 12.6. The lowest BCUT2D eigenvalue weighted by Crippen LogP contribution is -2.17. The van der Waals surface area contributed by atoms with Crippen molar-refractivity contribution in [2.45, 2.75) is 27.7 Å². The molecule has 0 unspecified atom stereocenters. The topological polar surface area (TPSA) is 52.9 Å². The third-order valence-corrected chi connectivity index (χ3v) is 4.54. The highest BCUT2D eigenvalue weighted by Crippen LogP contribution is 2.68. The van der Waals surface area contributed by atoms with Crippen molar-refractivity contribution >= 4 is 11.6 Å². The maximum Gasteiger partial charge on any atom is 0.228 e. The Morgan fingerprint density at radius 1 is 1.28 bits per heavy atom. The van der Waals surface area contributed by atoms with Gasteiger partial charge in [0.1, 0.15) is 0 Å². The molecule has 0 aliphatic heterocycles. The van der Waals surface area contributed by atoms with Crippen molar-refractivity contribution < 1.29 is 4.79 Å². The zero-order chi connectivity index (χ0) is 13.6. The lowest BCUT2D eigenvalue weighted by molar-refractivity contribution is -0.118. The van der Waals surface area contributed by atoms with Gasteiger partial charge < -0.3 is 5.32 Å². The van der Waals surface area contributed by atoms with Gasteiger partial charge in [0.2, 0.25) is 5.91 Å². The summed E-state index contributed by atoms with van der Waals surface area (Å²) in [5, 5.41) is 11.7. The lowest BCUT2D eigenvalue weighted by atomic mass is 10.0. The Morgan fingerprint density at radius 3 is 2.39 bits per heavy atom. The first-order valence-corrected chi connectivity index (χ1v) is 6.12. The Labute approximate surface area is 108 Å². The number of nitriles is 1. The summed E-state index contributed by atoms with van der Waals surface area (Å²) in [6, 6.07) is 9.07. The predicted molar refractivity (Wildman–Crippen MR) is 70.8 cm³/mol. The summed E-state index contributed by atoms with van der Waals surface area (Å²) in [7, 11) is 0. The van der Waals surface area contributed by atoms with Crippen LogP contribution in [0.4, 0.5) is 5.69 Å². The molecule has 1 aromatic carbocycles. The summed E-state index contributed by atoms with van der Waals surface area (Å²) in [4.78, 5) is 12.2. The van der Waals surface area contributed by atoms with Gasteiger partial charge in [0.15, 0.2) is 0 Å². The highest BCUT2D eigenvalue weighted by molar-refractivity contribution is 5.96. The smallest absolute Gasteiger partial charge is 0.228 e. The Balaban J connectivity index is 2.12. The Hall–Kier alpha value is -1.82. The largest absolute Gasteiger partial charge is 0.326 e. The minimum atomic E-state index is 0.0238. The van der Waals surface area contributed by atoms with E-state index >= 15 is 0 Å². The van der Waals surface area contributed by atoms with E-state index in [4.69, 9.17) is 5.26 Å². The Bertz CT molecular complexity index is 524. The molecular formula is C15H18N2O. The quantitative estimate of drug-likeness (QED) is 0.866. The number of anilines is 1. The molecule has 94 valence electrons. The maximum atomic E-state index is 12.2. The third kappa shape index (κ3) is 1.78. The van der Waals surface area contributed by atoms with Crippen LogP contribution in [-0.2, 0) is 4.79 Å². The summed E-state index contributed by atoms with van der Waals surface area (Å²) in [6.07, 6.45) is 0. The molecule has 1 aromatic rings. The van der Waals surface area contributed by atoms with E-state index in [1.807, 2.05) is 0 Å². The number of carbonyl (C=O) groups excluding carboxylic acids is 1. The SMILES string of the molecule is CC1(C)C(C(=O)Nc2cccc(C#N)c2)C1(C)C. The molecule has 2 rings (SSSR count). The van der Waals surface area contributed by atoms with Gasteiger partial charge in [0.05, 0.1) is 11.6 Å². The molecule has 1 aliphatic carbocycles. The van der Waals surface area contributed by atoms with Crippen LogP contribution in [0.25, 0.3) is 0 Å². The van der Waals surface area contributed by atoms with E-state index in [1.54, 1.807) is 24.3 Å². The van der Waals surface area contributed by atoms with Gasteiger partial charge in [-0.05, 0) is 29.0 Å². The highest BCUT2D eigenvalue weighted by atomic mass is 16.2. The van der Waals surface area contributed by atoms with Gasteiger partial charge in [-0.25, -0.2) is 0 Å². The van der Waals surface area contributed by atoms with Crippen molar-refractivity contribution in [2.24, 2.45) is 16.7 Å². The molecule has 3 heteroatoms. The summed E-state index contributed by atoms with van der Waals surface area (Å²) in [5.41, 5.74) is 1.31. The van der Waals surface area contributed by atoms with Crippen molar-refractivity contribution in [3.63, 3.8) is 0 Å². The van der Waals surface area contributed by atoms with E-state index in [1.165, 1.54) is 0 Å². The number of amides is 1. The average Bonchev–Trinajstić information content (AvgIpc) is 2.69. The van der Waals surface area contributed by atoms with Gasteiger partial charge >= 0.3 is 0 Å². The summed E-state index contributed by atoms with van der Waals surface area (Å²) < 4.78 is 0. The van der Waals surface area contributed by atoms with Crippen LogP contribution >= 0.6 is 0 Å². The highest BCUT2D eigenvalue weighted by Gasteiger charge is 2.68. The zero-order valence-electron chi connectivity index (χ0n) is 11.2. The lowest BCUT2D eigenvalue weighted by Gasteiger charge is -2.06. The molecule has 1 saturated carbocycles. The zero-order valence-corrected chi connectivity index (χ0v) is 11.2. The average molecular weight is 242 g/mol. The number of nitrogens with one attached hydrogen (secondary N) is 1. The molecule has 0 bridgehead atoms. The number of benzene rings is 1. The van der Waals surface area contributed by atoms with Gasteiger partial charge in [-0.1, -0.05) is 33.8 Å². The van der Waals surface area contributed by atoms with Crippen molar-refractivity contribution in [1.82, 2.24) is 0 Å². The summed E-state index contributed by atoms with van der Waals surface area (Å²) >= 11 is 0. The number of carbonyl (C=O) groups is 1. The van der Waals surface area contributed by atoms with Gasteiger partial charge in [-0.15, -0.1) is 0 Å². The molecule has 0 radical (unpaired) electrons. The number of rotatable bonds is 2. The second-order valence-electron chi connectivity index (χ2n) is 6.06. The van der Waals surface area contributed by atoms with E-state index in [9.17, 15) is 4.79 Å². The van der Waals surface area contributed by atoms with Crippen LogP contribution in [0.2, 0.25) is 0 Å². The Kier molecular flexibility index (Phi) is 2.70. The van der Waals surface area contributed by atoms with E-state index in [-0.39, 0.29) is 22.7 Å². The molecular weight excluding hydrogens is 224 g/mol. The van der Waals surface area contributed by atoms with Crippen LogP contribution < -0.4 is 5.32 Å². The normalized spacial score (nSPS) is 19.9. The van der Waals surface area contributed by atoms with Gasteiger partial charge in [-0.2, -0.15) is 5.26 Å². The van der Waals surface area contributed by atoms with Crippen LogP contribution in [0.3, 0.4) is 0 Å². The minimum absolute atomic E-state index is 0.0238. The van der Waals surface area contributed by atoms with E-state index < -0.39 is 0 Å². The minimum Gasteiger partial charge on any atom is -0.326 e. The molecule has 0 saturated heterocycles. The van der Waals surface area contributed by atoms with Crippen LogP contribution in [0.5, 0.6) is 0 Å². The first-order chi connectivity index (χ1) is 8.30. The fraction of sp³-hybridized carbons (Fsp3) is 0.467. The van der Waals surface area contributed by atoms with Crippen molar-refractivity contribution in [1.29, 1.82) is 5.26 Å². The molecule has 1 fully saturated rings. The maximum absolute atomic E-state index is 12.2. The fourth-order valence-electron chi connectivity index (χ4n) is 2.73. The number of hydrogen-bond donors (Lipinski definition) is 1. The molecule has 3 nitrogen and oxygen atoms in total. The summed E-state index contributed by atoms with van der Waals surface area (Å²) in [5.74, 6) is 0.0656. The van der Waals surface area contributed by atoms with Gasteiger partial charge in [-0.3, -0.25) is 4.79 Å². The monoisotopic (exact) mass is 242 g/mol. The van der Waals surface area contributed by atoms with Crippen molar-refractivity contribution in [3.05, 3.63) is 29.8 Å². The molecule has 0 spiro atoms. The summed E-state index contributed by atoms with van der Waals surface area (Å²) in [6.45, 7) is 8.46. The van der Waals surface area contributed by atoms with Gasteiger partial charge in [0, 0.05) is 11.6 Å². The molecule has 1 amide bonds. The first-order valence-electron chi connectivity index (χ1n) is 6.12. The van der Waals surface area contributed by atoms with E-state index in [2.05, 4.69) is 39.1 Å². The second-order valence-corrected chi connectivity index (χ2v) is 6.06. The number of hydrogen-bond acceptors (Lipinski definition) is 2. The third-order valence-electron chi connectivity index (χ3n) is 4.54. The molecule has 1 N–H and O–H groups in total. The van der Waals surface area contributed by atoms with Crippen molar-refractivity contribution in [3.8, 4) is 6.07 Å². The fourth-order valence-corrected chi connectivity index (χ4v) is 2.73.